The summed E-state index contributed by atoms with van der Waals surface area (Å²) in [5.41, 5.74) is 17.3. The van der Waals surface area contributed by atoms with E-state index in [0.717, 1.165) is 12.8 Å². The molecule has 0 saturated carbocycles. The van der Waals surface area contributed by atoms with E-state index in [1.54, 1.807) is 0 Å². The quantitative estimate of drug-likeness (QED) is 0.186. The van der Waals surface area contributed by atoms with Gasteiger partial charge in [-0.15, -0.1) is 0 Å². The van der Waals surface area contributed by atoms with Crippen LogP contribution in [-0.4, -0.2) is 10.6 Å². The number of hydrogen-bond donors (Lipinski definition) is 0. The monoisotopic (exact) mass is 638 g/mol. The first kappa shape index (κ1) is 27.8. The van der Waals surface area contributed by atoms with Crippen molar-refractivity contribution in [1.82, 2.24) is 4.57 Å². The Balaban J connectivity index is 1.21. The van der Waals surface area contributed by atoms with Crippen LogP contribution in [-0.2, 0) is 0 Å². The predicted molar refractivity (Wildman–Crippen MR) is 209 cm³/mol. The molecule has 7 aromatic rings. The molecule has 236 valence electrons. The molecule has 6 bridgehead atoms. The summed E-state index contributed by atoms with van der Waals surface area (Å²) in [6.45, 7) is 0. The third kappa shape index (κ3) is 3.85. The van der Waals surface area contributed by atoms with Gasteiger partial charge >= 0.3 is 0 Å². The number of para-hydroxylation sites is 3. The average molecular weight is 639 g/mol. The Bertz CT molecular complexity index is 2710. The average Bonchev–Trinajstić information content (AvgIpc) is 3.45. The molecule has 4 aliphatic rings. The molecular formula is C48H34N2. The van der Waals surface area contributed by atoms with E-state index in [2.05, 4.69) is 179 Å². The topological polar surface area (TPSA) is 8.17 Å². The molecule has 0 spiro atoms. The fourth-order valence-corrected chi connectivity index (χ4v) is 9.41. The van der Waals surface area contributed by atoms with Gasteiger partial charge in [0, 0.05) is 33.5 Å². The van der Waals surface area contributed by atoms with Crippen LogP contribution in [0.25, 0.3) is 62.1 Å². The van der Waals surface area contributed by atoms with Gasteiger partial charge in [-0.05, 0) is 99.8 Å². The van der Waals surface area contributed by atoms with Crippen LogP contribution in [0.3, 0.4) is 0 Å². The summed E-state index contributed by atoms with van der Waals surface area (Å²) in [4.78, 5) is 2.62. The molecule has 0 saturated heterocycles. The maximum absolute atomic E-state index is 2.62. The Hall–Kier alpha value is -6.12. The van der Waals surface area contributed by atoms with Crippen LogP contribution in [0, 0.1) is 0 Å². The van der Waals surface area contributed by atoms with E-state index in [1.807, 2.05) is 0 Å². The maximum Gasteiger partial charge on any atom is 0.0580 e. The minimum atomic E-state index is 0.101. The molecule has 0 fully saturated rings. The molecule has 11 rings (SSSR count). The van der Waals surface area contributed by atoms with Crippen molar-refractivity contribution < 1.29 is 0 Å². The van der Waals surface area contributed by atoms with E-state index in [1.165, 1.54) is 88.6 Å². The summed E-state index contributed by atoms with van der Waals surface area (Å²) in [5, 5.41) is 3.89. The Morgan fingerprint density at radius 2 is 1.30 bits per heavy atom. The molecule has 50 heavy (non-hydrogen) atoms. The molecule has 2 heteroatoms. The lowest BCUT2D eigenvalue weighted by Crippen LogP contribution is -2.40. The van der Waals surface area contributed by atoms with Crippen LogP contribution in [0.1, 0.15) is 35.4 Å². The molecule has 0 N–H and O–H groups in total. The number of aromatic nitrogens is 1. The van der Waals surface area contributed by atoms with Crippen LogP contribution in [0.2, 0.25) is 0 Å². The molecule has 0 radical (unpaired) electrons. The van der Waals surface area contributed by atoms with Crippen molar-refractivity contribution in [3.63, 3.8) is 0 Å². The zero-order valence-corrected chi connectivity index (χ0v) is 27.6. The minimum Gasteiger partial charge on any atom is -0.334 e. The second-order valence-electron chi connectivity index (χ2n) is 13.9. The molecule has 0 amide bonds. The lowest BCUT2D eigenvalue weighted by Gasteiger charge is -2.36. The summed E-state index contributed by atoms with van der Waals surface area (Å²) < 4.78 is 2.45. The summed E-state index contributed by atoms with van der Waals surface area (Å²) in [5.74, 6) is 0.331. The number of hydrogen-bond acceptors (Lipinski definition) is 1. The van der Waals surface area contributed by atoms with E-state index >= 15 is 0 Å². The fourth-order valence-electron chi connectivity index (χ4n) is 9.41. The summed E-state index contributed by atoms with van der Waals surface area (Å²) in [7, 11) is 0. The van der Waals surface area contributed by atoms with Crippen molar-refractivity contribution in [2.24, 2.45) is 0 Å². The van der Waals surface area contributed by atoms with E-state index in [9.17, 15) is 0 Å². The van der Waals surface area contributed by atoms with Crippen LogP contribution < -0.4 is 15.5 Å². The zero-order valence-electron chi connectivity index (χ0n) is 27.6. The molecule has 2 atom stereocenters. The van der Waals surface area contributed by atoms with E-state index in [0.29, 0.717) is 5.92 Å². The van der Waals surface area contributed by atoms with Gasteiger partial charge in [0.05, 0.1) is 22.6 Å². The molecular weight excluding hydrogens is 605 g/mol. The largest absolute Gasteiger partial charge is 0.334 e. The van der Waals surface area contributed by atoms with Crippen LogP contribution in [0.15, 0.2) is 158 Å². The number of fused-ring (bicyclic) bond motifs is 7. The van der Waals surface area contributed by atoms with Crippen LogP contribution in [0.5, 0.6) is 0 Å². The van der Waals surface area contributed by atoms with Gasteiger partial charge in [-0.25, -0.2) is 0 Å². The summed E-state index contributed by atoms with van der Waals surface area (Å²) in [6, 6.07) is 54.0. The Labute approximate surface area is 291 Å². The summed E-state index contributed by atoms with van der Waals surface area (Å²) in [6.07, 6.45) is 11.7. The maximum atomic E-state index is 2.62. The highest BCUT2D eigenvalue weighted by Gasteiger charge is 2.38. The van der Waals surface area contributed by atoms with Crippen molar-refractivity contribution in [2.75, 3.05) is 4.90 Å². The number of benzene rings is 6. The second kappa shape index (κ2) is 10.7. The predicted octanol–water partition coefficient (Wildman–Crippen LogP) is 10.4. The number of allylic oxidation sites excluding steroid dienone is 4. The third-order valence-corrected chi connectivity index (χ3v) is 11.4. The molecule has 4 aliphatic carbocycles. The van der Waals surface area contributed by atoms with Gasteiger partial charge in [0.15, 0.2) is 0 Å². The first-order valence-corrected chi connectivity index (χ1v) is 17.8. The van der Waals surface area contributed by atoms with Gasteiger partial charge in [0.25, 0.3) is 0 Å². The highest BCUT2D eigenvalue weighted by molar-refractivity contribution is 6.14. The number of rotatable bonds is 4. The normalized spacial score (nSPS) is 17.6. The third-order valence-electron chi connectivity index (χ3n) is 11.4. The molecule has 1 aromatic heterocycles. The van der Waals surface area contributed by atoms with Crippen molar-refractivity contribution in [1.29, 1.82) is 0 Å². The highest BCUT2D eigenvalue weighted by Crippen LogP contribution is 2.59. The molecule has 2 nitrogen and oxygen atoms in total. The Kier molecular flexibility index (Phi) is 5.94. The number of anilines is 2. The molecule has 6 aromatic carbocycles. The summed E-state index contributed by atoms with van der Waals surface area (Å²) >= 11 is 0. The van der Waals surface area contributed by atoms with E-state index in [4.69, 9.17) is 0 Å². The van der Waals surface area contributed by atoms with E-state index in [-0.39, 0.29) is 6.04 Å². The minimum absolute atomic E-state index is 0.101. The van der Waals surface area contributed by atoms with Gasteiger partial charge in [0.2, 0.25) is 0 Å². The second-order valence-corrected chi connectivity index (χ2v) is 13.9. The van der Waals surface area contributed by atoms with Crippen molar-refractivity contribution in [3.8, 4) is 27.9 Å². The highest BCUT2D eigenvalue weighted by atomic mass is 15.2. The fraction of sp³-hybridized carbons (Fsp3) is 0.0833. The molecule has 0 aliphatic heterocycles. The van der Waals surface area contributed by atoms with Gasteiger partial charge in [-0.1, -0.05) is 127 Å². The van der Waals surface area contributed by atoms with Gasteiger partial charge in [0.1, 0.15) is 0 Å². The zero-order chi connectivity index (χ0) is 32.8. The SMILES string of the molecule is C1=CC2=C3c4cccc(N(c5ccccc5)C5C=c6c(c7ccccc7n6-c6ccccc6)=CC5)c4-c4cccc(c4-c4ccccc42)C3C1. The Morgan fingerprint density at radius 1 is 0.580 bits per heavy atom. The standard InChI is InChI=1S/C48H34N2/c1-3-14-31(15-4-1)49(33-28-29-36-35-19-9-10-26-43(35)50(45(36)30-33)32-16-5-2-6-17-32)44-27-13-25-42-47-38-21-11-22-39(47)40-23-12-24-41(48(42)44)46(40)37-20-8-7-18-34(37)38/h1-21,23-27,29-30,33,39H,22,28H2. The number of nitrogens with zero attached hydrogens (tertiary/aromatic N) is 2. The Morgan fingerprint density at radius 3 is 2.18 bits per heavy atom. The first-order valence-electron chi connectivity index (χ1n) is 17.8. The van der Waals surface area contributed by atoms with Gasteiger partial charge in [-0.2, -0.15) is 0 Å². The smallest absolute Gasteiger partial charge is 0.0580 e. The van der Waals surface area contributed by atoms with Crippen LogP contribution >= 0.6 is 0 Å². The lowest BCUT2D eigenvalue weighted by molar-refractivity contribution is 0.830. The molecule has 1 heterocycles. The van der Waals surface area contributed by atoms with Crippen molar-refractivity contribution in [2.45, 2.75) is 24.8 Å². The van der Waals surface area contributed by atoms with Crippen molar-refractivity contribution >= 4 is 45.6 Å². The lowest BCUT2D eigenvalue weighted by atomic mass is 9.78. The first-order chi connectivity index (χ1) is 24.8. The van der Waals surface area contributed by atoms with E-state index < -0.39 is 0 Å². The van der Waals surface area contributed by atoms with Gasteiger partial charge in [-0.3, -0.25) is 0 Å². The van der Waals surface area contributed by atoms with Gasteiger partial charge < -0.3 is 9.47 Å². The van der Waals surface area contributed by atoms with Crippen molar-refractivity contribution in [3.05, 3.63) is 185 Å². The van der Waals surface area contributed by atoms with Crippen LogP contribution in [0.4, 0.5) is 11.4 Å². The molecule has 2 unspecified atom stereocenters.